The van der Waals surface area contributed by atoms with E-state index in [1.165, 1.54) is 0 Å². The Balaban J connectivity index is 1.52. The summed E-state index contributed by atoms with van der Waals surface area (Å²) in [6, 6.07) is 3.18. The lowest BCUT2D eigenvalue weighted by Gasteiger charge is -2.39. The second kappa shape index (κ2) is 7.47. The highest BCUT2D eigenvalue weighted by Gasteiger charge is 2.48. The highest BCUT2D eigenvalue weighted by atomic mass is 16.4. The van der Waals surface area contributed by atoms with Crippen molar-refractivity contribution in [1.29, 1.82) is 0 Å². The van der Waals surface area contributed by atoms with Gasteiger partial charge < -0.3 is 19.7 Å². The normalized spacial score (nSPS) is 23.1. The van der Waals surface area contributed by atoms with E-state index in [0.29, 0.717) is 26.1 Å². The third-order valence-electron chi connectivity index (χ3n) is 5.51. The summed E-state index contributed by atoms with van der Waals surface area (Å²) >= 11 is 0. The quantitative estimate of drug-likeness (QED) is 0.851. The second-order valence-electron chi connectivity index (χ2n) is 7.25. The van der Waals surface area contributed by atoms with Gasteiger partial charge in [0.25, 0.3) is 0 Å². The number of hydrogen-bond acceptors (Lipinski definition) is 4. The summed E-state index contributed by atoms with van der Waals surface area (Å²) in [6.07, 6.45) is 4.98. The monoisotopic (exact) mass is 349 g/mol. The van der Waals surface area contributed by atoms with Crippen LogP contribution in [0.5, 0.6) is 0 Å². The zero-order valence-corrected chi connectivity index (χ0v) is 14.7. The fraction of sp³-hybridized carbons (Fsp3) is 0.667. The number of piperidine rings is 1. The number of likely N-dealkylation sites (tertiary alicyclic amines) is 2. The van der Waals surface area contributed by atoms with Crippen molar-refractivity contribution >= 4 is 12.0 Å². The van der Waals surface area contributed by atoms with E-state index in [2.05, 4.69) is 17.1 Å². The first-order chi connectivity index (χ1) is 12.0. The van der Waals surface area contributed by atoms with Crippen LogP contribution in [0.3, 0.4) is 0 Å². The van der Waals surface area contributed by atoms with Gasteiger partial charge in [-0.25, -0.2) is 4.79 Å². The standard InChI is InChI=1S/C18H27N3O4/c1-2-7-21-13-18(11-15(21)16(22)23)5-8-20(9-6-18)17(24)19-12-14-4-3-10-25-14/h3-4,10,15H,2,5-9,11-13H2,1H3,(H,19,24)(H,22,23)/t15-/m1/s1. The Morgan fingerprint density at radius 1 is 1.40 bits per heavy atom. The molecular weight excluding hydrogens is 322 g/mol. The summed E-state index contributed by atoms with van der Waals surface area (Å²) in [6.45, 7) is 5.48. The highest BCUT2D eigenvalue weighted by Crippen LogP contribution is 2.43. The van der Waals surface area contributed by atoms with Crippen LogP contribution in [0.4, 0.5) is 4.79 Å². The summed E-state index contributed by atoms with van der Waals surface area (Å²) in [7, 11) is 0. The van der Waals surface area contributed by atoms with Crippen molar-refractivity contribution in [3.8, 4) is 0 Å². The molecule has 2 N–H and O–H groups in total. The van der Waals surface area contributed by atoms with Gasteiger partial charge in [-0.15, -0.1) is 0 Å². The fourth-order valence-electron chi connectivity index (χ4n) is 4.14. The average molecular weight is 349 g/mol. The Morgan fingerprint density at radius 3 is 2.76 bits per heavy atom. The van der Waals surface area contributed by atoms with Gasteiger partial charge in [0.2, 0.25) is 0 Å². The van der Waals surface area contributed by atoms with Crippen molar-refractivity contribution in [3.05, 3.63) is 24.2 Å². The number of amides is 2. The Labute approximate surface area is 148 Å². The molecule has 2 fully saturated rings. The van der Waals surface area contributed by atoms with Crippen LogP contribution >= 0.6 is 0 Å². The van der Waals surface area contributed by atoms with E-state index in [9.17, 15) is 14.7 Å². The van der Waals surface area contributed by atoms with Gasteiger partial charge in [0.15, 0.2) is 0 Å². The molecule has 3 heterocycles. The number of carbonyl (C=O) groups is 2. The first-order valence-corrected chi connectivity index (χ1v) is 9.05. The van der Waals surface area contributed by atoms with Gasteiger partial charge in [0.1, 0.15) is 11.8 Å². The number of aliphatic carboxylic acids is 1. The molecule has 1 aromatic heterocycles. The molecule has 2 amide bonds. The van der Waals surface area contributed by atoms with E-state index in [1.54, 1.807) is 12.3 Å². The number of rotatable bonds is 5. The maximum absolute atomic E-state index is 12.3. The molecule has 3 rings (SSSR count). The summed E-state index contributed by atoms with van der Waals surface area (Å²) in [5.41, 5.74) is 0.0377. The van der Waals surface area contributed by atoms with Crippen LogP contribution in [-0.2, 0) is 11.3 Å². The van der Waals surface area contributed by atoms with Gasteiger partial charge in [0.05, 0.1) is 12.8 Å². The lowest BCUT2D eigenvalue weighted by atomic mass is 9.76. The van der Waals surface area contributed by atoms with Crippen LogP contribution in [0.2, 0.25) is 0 Å². The third kappa shape index (κ3) is 3.98. The smallest absolute Gasteiger partial charge is 0.320 e. The van der Waals surface area contributed by atoms with Crippen LogP contribution in [0.25, 0.3) is 0 Å². The molecular formula is C18H27N3O4. The van der Waals surface area contributed by atoms with Gasteiger partial charge >= 0.3 is 12.0 Å². The minimum absolute atomic E-state index is 0.0377. The lowest BCUT2D eigenvalue weighted by Crippen LogP contribution is -2.47. The minimum Gasteiger partial charge on any atom is -0.480 e. The number of carbonyl (C=O) groups excluding carboxylic acids is 1. The SMILES string of the molecule is CCCN1CC2(CCN(C(=O)NCc3ccco3)CC2)C[C@@H]1C(=O)O. The van der Waals surface area contributed by atoms with Gasteiger partial charge in [0, 0.05) is 19.6 Å². The topological polar surface area (TPSA) is 86.0 Å². The maximum atomic E-state index is 12.3. The van der Waals surface area contributed by atoms with E-state index in [1.807, 2.05) is 11.0 Å². The molecule has 7 heteroatoms. The van der Waals surface area contributed by atoms with Crippen LogP contribution in [-0.4, -0.2) is 59.1 Å². The Morgan fingerprint density at radius 2 is 2.16 bits per heavy atom. The Kier molecular flexibility index (Phi) is 5.32. The van der Waals surface area contributed by atoms with Crippen LogP contribution in [0.1, 0.15) is 38.4 Å². The van der Waals surface area contributed by atoms with E-state index >= 15 is 0 Å². The second-order valence-corrected chi connectivity index (χ2v) is 7.25. The van der Waals surface area contributed by atoms with Gasteiger partial charge in [-0.3, -0.25) is 9.69 Å². The van der Waals surface area contributed by atoms with E-state index in [4.69, 9.17) is 4.42 Å². The van der Waals surface area contributed by atoms with Crippen LogP contribution in [0.15, 0.2) is 22.8 Å². The average Bonchev–Trinajstić information content (AvgIpc) is 3.22. The number of hydrogen-bond donors (Lipinski definition) is 2. The number of nitrogens with one attached hydrogen (secondary N) is 1. The summed E-state index contributed by atoms with van der Waals surface area (Å²) in [5, 5.41) is 12.4. The molecule has 2 aliphatic heterocycles. The Hall–Kier alpha value is -2.02. The zero-order valence-electron chi connectivity index (χ0n) is 14.7. The van der Waals surface area contributed by atoms with Crippen LogP contribution < -0.4 is 5.32 Å². The first-order valence-electron chi connectivity index (χ1n) is 9.05. The lowest BCUT2D eigenvalue weighted by molar-refractivity contribution is -0.142. The van der Waals surface area contributed by atoms with E-state index < -0.39 is 5.97 Å². The molecule has 1 aromatic rings. The molecule has 1 atom stereocenters. The molecule has 2 saturated heterocycles. The third-order valence-corrected chi connectivity index (χ3v) is 5.51. The van der Waals surface area contributed by atoms with Crippen LogP contribution in [0, 0.1) is 5.41 Å². The molecule has 2 aliphatic rings. The summed E-state index contributed by atoms with van der Waals surface area (Å²) in [5.74, 6) is 0.0149. The number of furan rings is 1. The van der Waals surface area contributed by atoms with Crippen molar-refractivity contribution in [2.24, 2.45) is 5.41 Å². The molecule has 138 valence electrons. The predicted octanol–water partition coefficient (Wildman–Crippen LogP) is 2.14. The van der Waals surface area contributed by atoms with Gasteiger partial charge in [-0.1, -0.05) is 6.92 Å². The van der Waals surface area contributed by atoms with Crippen molar-refractivity contribution in [2.45, 2.75) is 45.2 Å². The summed E-state index contributed by atoms with van der Waals surface area (Å²) in [4.78, 5) is 27.8. The van der Waals surface area contributed by atoms with Crippen molar-refractivity contribution < 1.29 is 19.1 Å². The molecule has 0 aliphatic carbocycles. The Bertz CT molecular complexity index is 593. The zero-order chi connectivity index (χ0) is 17.9. The van der Waals surface area contributed by atoms with Crippen molar-refractivity contribution in [2.75, 3.05) is 26.2 Å². The highest BCUT2D eigenvalue weighted by molar-refractivity contribution is 5.75. The molecule has 0 aromatic carbocycles. The largest absolute Gasteiger partial charge is 0.480 e. The molecule has 0 radical (unpaired) electrons. The molecule has 0 saturated carbocycles. The molecule has 0 unspecified atom stereocenters. The predicted molar refractivity (Wildman–Crippen MR) is 92.1 cm³/mol. The van der Waals surface area contributed by atoms with Gasteiger partial charge in [-0.2, -0.15) is 0 Å². The van der Waals surface area contributed by atoms with E-state index in [-0.39, 0.29) is 17.5 Å². The van der Waals surface area contributed by atoms with Crippen molar-refractivity contribution in [3.63, 3.8) is 0 Å². The molecule has 7 nitrogen and oxygen atoms in total. The first kappa shape index (κ1) is 17.8. The molecule has 0 bridgehead atoms. The van der Waals surface area contributed by atoms with Crippen molar-refractivity contribution in [1.82, 2.24) is 15.1 Å². The molecule has 1 spiro atoms. The van der Waals surface area contributed by atoms with E-state index in [0.717, 1.165) is 38.1 Å². The van der Waals surface area contributed by atoms with Gasteiger partial charge in [-0.05, 0) is 49.8 Å². The molecule has 25 heavy (non-hydrogen) atoms. The number of nitrogens with zero attached hydrogens (tertiary/aromatic N) is 2. The number of urea groups is 1. The summed E-state index contributed by atoms with van der Waals surface area (Å²) < 4.78 is 5.22. The minimum atomic E-state index is -0.719. The maximum Gasteiger partial charge on any atom is 0.320 e. The fourth-order valence-corrected chi connectivity index (χ4v) is 4.14. The number of carboxylic acids is 1. The number of carboxylic acid groups (broad SMARTS) is 1.